The third-order valence-corrected chi connectivity index (χ3v) is 4.94. The van der Waals surface area contributed by atoms with Crippen LogP contribution < -0.4 is 9.64 Å². The van der Waals surface area contributed by atoms with E-state index in [-0.39, 0.29) is 24.5 Å². The zero-order chi connectivity index (χ0) is 24.0. The summed E-state index contributed by atoms with van der Waals surface area (Å²) in [6, 6.07) is 10.5. The molecule has 176 valence electrons. The van der Waals surface area contributed by atoms with Gasteiger partial charge >= 0.3 is 17.8 Å². The molecule has 0 spiro atoms. The second-order valence-electron chi connectivity index (χ2n) is 7.09. The molecule has 1 heterocycles. The van der Waals surface area contributed by atoms with Crippen LogP contribution in [0.5, 0.6) is 5.75 Å². The molecule has 1 aliphatic rings. The maximum Gasteiger partial charge on any atom is 0.416 e. The van der Waals surface area contributed by atoms with Crippen LogP contribution in [0.3, 0.4) is 0 Å². The molecule has 0 bridgehead atoms. The Balaban J connectivity index is 1.44. The third kappa shape index (κ3) is 6.34. The molecule has 1 amide bonds. The van der Waals surface area contributed by atoms with Gasteiger partial charge in [0.25, 0.3) is 5.91 Å². The Kier molecular flexibility index (Phi) is 7.36. The highest BCUT2D eigenvalue weighted by atomic mass is 19.4. The first-order valence-corrected chi connectivity index (χ1v) is 9.87. The summed E-state index contributed by atoms with van der Waals surface area (Å²) in [5.41, 5.74) is -0.635. The lowest BCUT2D eigenvalue weighted by atomic mass is 10.1. The van der Waals surface area contributed by atoms with E-state index in [1.165, 1.54) is 35.2 Å². The van der Waals surface area contributed by atoms with Crippen molar-refractivity contribution >= 4 is 23.3 Å². The van der Waals surface area contributed by atoms with Crippen molar-refractivity contribution in [1.29, 1.82) is 0 Å². The van der Waals surface area contributed by atoms with E-state index in [1.807, 2.05) is 0 Å². The number of amides is 1. The number of piperazine rings is 1. The fourth-order valence-corrected chi connectivity index (χ4v) is 3.23. The number of nitro groups is 1. The highest BCUT2D eigenvalue weighted by Gasteiger charge is 2.31. The van der Waals surface area contributed by atoms with Gasteiger partial charge in [0.15, 0.2) is 19.0 Å². The summed E-state index contributed by atoms with van der Waals surface area (Å²) in [5.74, 6) is -1.43. The minimum Gasteiger partial charge on any atom is -0.475 e. The summed E-state index contributed by atoms with van der Waals surface area (Å²) in [7, 11) is 0. The van der Waals surface area contributed by atoms with Gasteiger partial charge in [0.1, 0.15) is 0 Å². The first kappa shape index (κ1) is 23.8. The number of benzene rings is 2. The Morgan fingerprint density at radius 3 is 2.36 bits per heavy atom. The minimum atomic E-state index is -4.44. The summed E-state index contributed by atoms with van der Waals surface area (Å²) in [4.78, 5) is 37.6. The molecule has 0 radical (unpaired) electrons. The molecular weight excluding hydrogens is 447 g/mol. The van der Waals surface area contributed by atoms with Gasteiger partial charge in [-0.3, -0.25) is 14.9 Å². The minimum absolute atomic E-state index is 0.100. The average molecular weight is 467 g/mol. The van der Waals surface area contributed by atoms with E-state index < -0.39 is 41.8 Å². The number of nitro benzene ring substituents is 1. The number of alkyl halides is 3. The van der Waals surface area contributed by atoms with Gasteiger partial charge in [-0.1, -0.05) is 18.2 Å². The van der Waals surface area contributed by atoms with Crippen molar-refractivity contribution in [2.24, 2.45) is 0 Å². The van der Waals surface area contributed by atoms with Crippen LogP contribution in [0.1, 0.15) is 5.56 Å². The second-order valence-corrected chi connectivity index (χ2v) is 7.09. The van der Waals surface area contributed by atoms with Crippen molar-refractivity contribution < 1.29 is 37.2 Å². The zero-order valence-electron chi connectivity index (χ0n) is 17.3. The van der Waals surface area contributed by atoms with E-state index in [9.17, 15) is 32.9 Å². The normalized spacial score (nSPS) is 14.0. The van der Waals surface area contributed by atoms with Crippen molar-refractivity contribution in [1.82, 2.24) is 4.90 Å². The molecule has 0 saturated carbocycles. The number of hydrogen-bond donors (Lipinski definition) is 0. The number of ether oxygens (including phenoxy) is 2. The molecule has 1 fully saturated rings. The molecule has 0 aromatic heterocycles. The van der Waals surface area contributed by atoms with Gasteiger partial charge in [-0.05, 0) is 24.3 Å². The van der Waals surface area contributed by atoms with Gasteiger partial charge in [-0.15, -0.1) is 0 Å². The number of carbonyl (C=O) groups is 2. The lowest BCUT2D eigenvalue weighted by molar-refractivity contribution is -0.385. The number of anilines is 1. The van der Waals surface area contributed by atoms with Crippen molar-refractivity contribution in [3.05, 3.63) is 64.2 Å². The van der Waals surface area contributed by atoms with Crippen LogP contribution in [0, 0.1) is 10.1 Å². The number of hydrogen-bond acceptors (Lipinski definition) is 7. The molecule has 0 aliphatic carbocycles. The van der Waals surface area contributed by atoms with E-state index in [1.54, 1.807) is 11.0 Å². The van der Waals surface area contributed by atoms with E-state index in [4.69, 9.17) is 9.47 Å². The molecule has 12 heteroatoms. The second kappa shape index (κ2) is 10.2. The lowest BCUT2D eigenvalue weighted by Crippen LogP contribution is -2.50. The summed E-state index contributed by atoms with van der Waals surface area (Å²) in [5, 5.41) is 10.9. The van der Waals surface area contributed by atoms with Gasteiger partial charge in [-0.25, -0.2) is 4.79 Å². The fraction of sp³-hybridized carbons (Fsp3) is 0.333. The van der Waals surface area contributed by atoms with Crippen LogP contribution in [0.2, 0.25) is 0 Å². The first-order chi connectivity index (χ1) is 15.6. The van der Waals surface area contributed by atoms with E-state index >= 15 is 0 Å². The van der Waals surface area contributed by atoms with Crippen LogP contribution in [-0.2, 0) is 20.5 Å². The quantitative estimate of drug-likeness (QED) is 0.351. The van der Waals surface area contributed by atoms with Crippen LogP contribution >= 0.6 is 0 Å². The number of nitrogens with zero attached hydrogens (tertiary/aromatic N) is 3. The topological polar surface area (TPSA) is 102 Å². The lowest BCUT2D eigenvalue weighted by Gasteiger charge is -2.36. The van der Waals surface area contributed by atoms with Crippen molar-refractivity contribution in [3.63, 3.8) is 0 Å². The average Bonchev–Trinajstić information content (AvgIpc) is 2.81. The van der Waals surface area contributed by atoms with E-state index in [0.717, 1.165) is 12.1 Å². The van der Waals surface area contributed by atoms with Crippen molar-refractivity contribution in [2.45, 2.75) is 6.18 Å². The number of carbonyl (C=O) groups excluding carboxylic acids is 2. The molecule has 0 unspecified atom stereocenters. The van der Waals surface area contributed by atoms with E-state index in [0.29, 0.717) is 18.8 Å². The van der Waals surface area contributed by atoms with Crippen LogP contribution in [0.25, 0.3) is 0 Å². The van der Waals surface area contributed by atoms with Gasteiger partial charge in [0, 0.05) is 37.9 Å². The third-order valence-electron chi connectivity index (χ3n) is 4.94. The Morgan fingerprint density at radius 1 is 1.00 bits per heavy atom. The van der Waals surface area contributed by atoms with Crippen LogP contribution in [0.15, 0.2) is 48.5 Å². The number of esters is 1. The van der Waals surface area contributed by atoms with Crippen LogP contribution in [-0.4, -0.2) is 61.1 Å². The molecule has 1 saturated heterocycles. The molecule has 3 rings (SSSR count). The molecule has 0 N–H and O–H groups in total. The Hall–Kier alpha value is -3.83. The predicted octanol–water partition coefficient (Wildman–Crippen LogP) is 2.88. The number of para-hydroxylation sites is 2. The molecule has 9 nitrogen and oxygen atoms in total. The largest absolute Gasteiger partial charge is 0.475 e. The number of halogens is 3. The molecular formula is C21H20F3N3O6. The van der Waals surface area contributed by atoms with Crippen molar-refractivity contribution in [2.75, 3.05) is 44.3 Å². The maximum atomic E-state index is 12.9. The van der Waals surface area contributed by atoms with Gasteiger partial charge in [0.2, 0.25) is 0 Å². The Labute approximate surface area is 186 Å². The highest BCUT2D eigenvalue weighted by Crippen LogP contribution is 2.32. The maximum absolute atomic E-state index is 12.9. The summed E-state index contributed by atoms with van der Waals surface area (Å²) >= 11 is 0. The molecule has 33 heavy (non-hydrogen) atoms. The summed E-state index contributed by atoms with van der Waals surface area (Å²) in [6.07, 6.45) is -4.44. The summed E-state index contributed by atoms with van der Waals surface area (Å²) < 4.78 is 48.7. The van der Waals surface area contributed by atoms with Crippen molar-refractivity contribution in [3.8, 4) is 5.75 Å². The molecule has 1 aliphatic heterocycles. The summed E-state index contributed by atoms with van der Waals surface area (Å²) in [6.45, 7) is -0.00760. The molecule has 0 atom stereocenters. The molecule has 2 aromatic rings. The van der Waals surface area contributed by atoms with Gasteiger partial charge in [-0.2, -0.15) is 13.2 Å². The Bertz CT molecular complexity index is 1020. The van der Waals surface area contributed by atoms with Gasteiger partial charge in [0.05, 0.1) is 10.5 Å². The smallest absolute Gasteiger partial charge is 0.416 e. The van der Waals surface area contributed by atoms with Crippen LogP contribution in [0.4, 0.5) is 24.5 Å². The highest BCUT2D eigenvalue weighted by molar-refractivity contribution is 5.81. The monoisotopic (exact) mass is 467 g/mol. The molecule has 2 aromatic carbocycles. The standard InChI is InChI=1S/C21H20F3N3O6/c22-21(23,24)15-4-3-5-16(12-15)25-8-10-26(11-9-25)19(28)13-33-20(29)14-32-18-7-2-1-6-17(18)27(30)31/h1-7,12H,8-11,13-14H2. The number of rotatable bonds is 7. The fourth-order valence-electron chi connectivity index (χ4n) is 3.23. The first-order valence-electron chi connectivity index (χ1n) is 9.87. The van der Waals surface area contributed by atoms with E-state index in [2.05, 4.69) is 0 Å². The SMILES string of the molecule is O=C(COc1ccccc1[N+](=O)[O-])OCC(=O)N1CCN(c2cccc(C(F)(F)F)c2)CC1. The van der Waals surface area contributed by atoms with Gasteiger partial charge < -0.3 is 19.3 Å². The zero-order valence-corrected chi connectivity index (χ0v) is 17.3. The predicted molar refractivity (Wildman–Crippen MR) is 110 cm³/mol. The Morgan fingerprint density at radius 2 is 1.70 bits per heavy atom.